The summed E-state index contributed by atoms with van der Waals surface area (Å²) in [6, 6.07) is 4.08. The molecule has 0 amide bonds. The Morgan fingerprint density at radius 3 is 2.00 bits per heavy atom. The summed E-state index contributed by atoms with van der Waals surface area (Å²) in [5.74, 6) is 1.55. The van der Waals surface area contributed by atoms with Gasteiger partial charge in [0.1, 0.15) is 0 Å². The van der Waals surface area contributed by atoms with Crippen molar-refractivity contribution in [1.82, 2.24) is 0 Å². The lowest BCUT2D eigenvalue weighted by molar-refractivity contribution is 0.344. The van der Waals surface area contributed by atoms with E-state index in [4.69, 9.17) is 9.47 Å². The summed E-state index contributed by atoms with van der Waals surface area (Å²) in [7, 11) is 3.32. The van der Waals surface area contributed by atoms with Gasteiger partial charge < -0.3 is 9.47 Å². The molecule has 16 heavy (non-hydrogen) atoms. The maximum Gasteiger partial charge on any atom is 0.168 e. The molecule has 0 bridgehead atoms. The van der Waals surface area contributed by atoms with Gasteiger partial charge in [0.05, 0.1) is 14.2 Å². The highest BCUT2D eigenvalue weighted by atomic mass is 16.5. The SMILES string of the molecule is C=Cc1ccc(C(C)(C)C)c(OC)c1OC. The quantitative estimate of drug-likeness (QED) is 0.774. The third-order valence-corrected chi connectivity index (χ3v) is 2.58. The van der Waals surface area contributed by atoms with Crippen LogP contribution in [-0.4, -0.2) is 14.2 Å². The molecule has 1 rings (SSSR count). The minimum absolute atomic E-state index is 0.0261. The van der Waals surface area contributed by atoms with Crippen LogP contribution in [0.5, 0.6) is 11.5 Å². The van der Waals surface area contributed by atoms with Gasteiger partial charge in [0.15, 0.2) is 11.5 Å². The monoisotopic (exact) mass is 220 g/mol. The van der Waals surface area contributed by atoms with Gasteiger partial charge in [-0.25, -0.2) is 0 Å². The fourth-order valence-electron chi connectivity index (χ4n) is 1.74. The van der Waals surface area contributed by atoms with Gasteiger partial charge >= 0.3 is 0 Å². The highest BCUT2D eigenvalue weighted by Gasteiger charge is 2.22. The van der Waals surface area contributed by atoms with E-state index in [2.05, 4.69) is 33.4 Å². The highest BCUT2D eigenvalue weighted by molar-refractivity contribution is 5.64. The molecule has 1 aromatic carbocycles. The number of hydrogen-bond donors (Lipinski definition) is 0. The summed E-state index contributed by atoms with van der Waals surface area (Å²) in [6.45, 7) is 10.2. The van der Waals surface area contributed by atoms with Crippen LogP contribution in [0.4, 0.5) is 0 Å². The molecular formula is C14H20O2. The first kappa shape index (κ1) is 12.6. The van der Waals surface area contributed by atoms with E-state index in [-0.39, 0.29) is 5.41 Å². The van der Waals surface area contributed by atoms with Crippen LogP contribution in [-0.2, 0) is 5.41 Å². The summed E-state index contributed by atoms with van der Waals surface area (Å²) in [4.78, 5) is 0. The third-order valence-electron chi connectivity index (χ3n) is 2.58. The van der Waals surface area contributed by atoms with E-state index in [9.17, 15) is 0 Å². The van der Waals surface area contributed by atoms with Crippen molar-refractivity contribution in [2.45, 2.75) is 26.2 Å². The highest BCUT2D eigenvalue weighted by Crippen LogP contribution is 2.40. The number of rotatable bonds is 3. The average molecular weight is 220 g/mol. The number of benzene rings is 1. The lowest BCUT2D eigenvalue weighted by atomic mass is 9.85. The standard InChI is InChI=1S/C14H20O2/c1-7-10-8-9-11(14(2,3)4)13(16-6)12(10)15-5/h7-9H,1H2,2-6H3. The molecule has 0 saturated heterocycles. The molecule has 88 valence electrons. The molecule has 2 nitrogen and oxygen atoms in total. The molecule has 1 aromatic rings. The molecule has 0 N–H and O–H groups in total. The van der Waals surface area contributed by atoms with Crippen molar-refractivity contribution in [2.75, 3.05) is 14.2 Å². The van der Waals surface area contributed by atoms with Crippen molar-refractivity contribution in [3.05, 3.63) is 29.8 Å². The van der Waals surface area contributed by atoms with Crippen LogP contribution < -0.4 is 9.47 Å². The van der Waals surface area contributed by atoms with Gasteiger partial charge in [-0.1, -0.05) is 45.6 Å². The van der Waals surface area contributed by atoms with E-state index in [0.717, 1.165) is 22.6 Å². The predicted molar refractivity (Wildman–Crippen MR) is 68.3 cm³/mol. The number of ether oxygens (including phenoxy) is 2. The maximum atomic E-state index is 5.46. The van der Waals surface area contributed by atoms with Crippen LogP contribution in [0.2, 0.25) is 0 Å². The normalized spacial score (nSPS) is 11.1. The minimum atomic E-state index is 0.0261. The van der Waals surface area contributed by atoms with Crippen molar-refractivity contribution in [2.24, 2.45) is 0 Å². The Balaban J connectivity index is 3.49. The molecule has 0 aromatic heterocycles. The predicted octanol–water partition coefficient (Wildman–Crippen LogP) is 3.64. The molecule has 0 aliphatic heterocycles. The fourth-order valence-corrected chi connectivity index (χ4v) is 1.74. The smallest absolute Gasteiger partial charge is 0.168 e. The zero-order chi connectivity index (χ0) is 12.3. The molecule has 0 spiro atoms. The second-order valence-corrected chi connectivity index (χ2v) is 4.72. The lowest BCUT2D eigenvalue weighted by Gasteiger charge is -2.24. The third kappa shape index (κ3) is 2.21. The number of methoxy groups -OCH3 is 2. The van der Waals surface area contributed by atoms with Crippen LogP contribution in [0.3, 0.4) is 0 Å². The largest absolute Gasteiger partial charge is 0.493 e. The number of hydrogen-bond acceptors (Lipinski definition) is 2. The lowest BCUT2D eigenvalue weighted by Crippen LogP contribution is -2.13. The molecule has 0 heterocycles. The minimum Gasteiger partial charge on any atom is -0.493 e. The van der Waals surface area contributed by atoms with Gasteiger partial charge in [0.25, 0.3) is 0 Å². The van der Waals surface area contributed by atoms with Crippen LogP contribution in [0.25, 0.3) is 6.08 Å². The molecule has 0 radical (unpaired) electrons. The summed E-state index contributed by atoms with van der Waals surface area (Å²) in [5, 5.41) is 0. The van der Waals surface area contributed by atoms with Crippen LogP contribution in [0, 0.1) is 0 Å². The van der Waals surface area contributed by atoms with Crippen LogP contribution in [0.1, 0.15) is 31.9 Å². The Hall–Kier alpha value is -1.44. The maximum absolute atomic E-state index is 5.46. The second kappa shape index (κ2) is 4.60. The van der Waals surface area contributed by atoms with Gasteiger partial charge in [-0.2, -0.15) is 0 Å². The first-order valence-corrected chi connectivity index (χ1v) is 5.33. The summed E-state index contributed by atoms with van der Waals surface area (Å²) >= 11 is 0. The fraction of sp³-hybridized carbons (Fsp3) is 0.429. The van der Waals surface area contributed by atoms with Crippen molar-refractivity contribution in [1.29, 1.82) is 0 Å². The molecule has 0 fully saturated rings. The van der Waals surface area contributed by atoms with E-state index in [1.165, 1.54) is 0 Å². The summed E-state index contributed by atoms with van der Waals surface area (Å²) < 4.78 is 10.9. The first-order valence-electron chi connectivity index (χ1n) is 5.33. The molecule has 0 saturated carbocycles. The van der Waals surface area contributed by atoms with Gasteiger partial charge in [-0.05, 0) is 5.41 Å². The topological polar surface area (TPSA) is 18.5 Å². The van der Waals surface area contributed by atoms with Crippen LogP contribution >= 0.6 is 0 Å². The van der Waals surface area contributed by atoms with Crippen molar-refractivity contribution < 1.29 is 9.47 Å². The summed E-state index contributed by atoms with van der Waals surface area (Å²) in [5.41, 5.74) is 2.11. The zero-order valence-electron chi connectivity index (χ0n) is 10.8. The Labute approximate surface area is 97.9 Å². The molecule has 0 atom stereocenters. The van der Waals surface area contributed by atoms with Gasteiger partial charge in [-0.3, -0.25) is 0 Å². The van der Waals surface area contributed by atoms with Crippen molar-refractivity contribution >= 4 is 6.08 Å². The van der Waals surface area contributed by atoms with E-state index < -0.39 is 0 Å². The van der Waals surface area contributed by atoms with E-state index in [1.807, 2.05) is 6.07 Å². The Kier molecular flexibility index (Phi) is 3.63. The zero-order valence-corrected chi connectivity index (χ0v) is 10.8. The van der Waals surface area contributed by atoms with Crippen molar-refractivity contribution in [3.8, 4) is 11.5 Å². The van der Waals surface area contributed by atoms with Gasteiger partial charge in [0, 0.05) is 11.1 Å². The van der Waals surface area contributed by atoms with E-state index in [0.29, 0.717) is 0 Å². The Morgan fingerprint density at radius 1 is 1.06 bits per heavy atom. The summed E-state index contributed by atoms with van der Waals surface area (Å²) in [6.07, 6.45) is 1.77. The Bertz CT molecular complexity index is 386. The van der Waals surface area contributed by atoms with Crippen molar-refractivity contribution in [3.63, 3.8) is 0 Å². The molecule has 2 heteroatoms. The second-order valence-electron chi connectivity index (χ2n) is 4.72. The average Bonchev–Trinajstić information content (AvgIpc) is 2.25. The van der Waals surface area contributed by atoms with E-state index in [1.54, 1.807) is 20.3 Å². The molecule has 0 aliphatic rings. The van der Waals surface area contributed by atoms with E-state index >= 15 is 0 Å². The molecule has 0 aliphatic carbocycles. The molecular weight excluding hydrogens is 200 g/mol. The van der Waals surface area contributed by atoms with Gasteiger partial charge in [-0.15, -0.1) is 0 Å². The Morgan fingerprint density at radius 2 is 1.62 bits per heavy atom. The van der Waals surface area contributed by atoms with Gasteiger partial charge in [0.2, 0.25) is 0 Å². The van der Waals surface area contributed by atoms with Crippen LogP contribution in [0.15, 0.2) is 18.7 Å². The molecule has 0 unspecified atom stereocenters. The first-order chi connectivity index (χ1) is 7.45.